The van der Waals surface area contributed by atoms with Crippen molar-refractivity contribution in [2.24, 2.45) is 0 Å². The molecule has 0 fully saturated rings. The van der Waals surface area contributed by atoms with Gasteiger partial charge in [0.2, 0.25) is 0 Å². The van der Waals surface area contributed by atoms with E-state index in [2.05, 4.69) is 6.07 Å². The van der Waals surface area contributed by atoms with E-state index in [1.165, 1.54) is 5.56 Å². The molecule has 0 spiro atoms. The Morgan fingerprint density at radius 2 is 2.18 bits per heavy atom. The van der Waals surface area contributed by atoms with Crippen LogP contribution in [0.1, 0.15) is 17.5 Å². The first-order valence-electron chi connectivity index (χ1n) is 3.89. The zero-order valence-corrected chi connectivity index (χ0v) is 6.23. The Morgan fingerprint density at radius 3 is 3.00 bits per heavy atom. The standard InChI is InChI=1S/C9H10FN/c10-11-9-6-2-4-7-3-1-5-8(7)9/h2,4,6,11H,1,3,5H2. The first-order valence-corrected chi connectivity index (χ1v) is 3.89. The molecule has 0 saturated heterocycles. The maximum Gasteiger partial charge on any atom is 0.0690 e. The molecule has 0 bridgehead atoms. The predicted molar refractivity (Wildman–Crippen MR) is 43.2 cm³/mol. The van der Waals surface area contributed by atoms with Crippen LogP contribution in [0.2, 0.25) is 0 Å². The maximum atomic E-state index is 12.1. The van der Waals surface area contributed by atoms with Crippen molar-refractivity contribution in [1.82, 2.24) is 0 Å². The number of nitrogens with one attached hydrogen (secondary N) is 1. The van der Waals surface area contributed by atoms with Crippen LogP contribution in [0.15, 0.2) is 18.2 Å². The Bertz CT molecular complexity index is 270. The van der Waals surface area contributed by atoms with Gasteiger partial charge in [-0.05, 0) is 36.5 Å². The van der Waals surface area contributed by atoms with Crippen LogP contribution < -0.4 is 5.54 Å². The monoisotopic (exact) mass is 151 g/mol. The average Bonchev–Trinajstić information content (AvgIpc) is 2.50. The highest BCUT2D eigenvalue weighted by atomic mass is 19.2. The van der Waals surface area contributed by atoms with E-state index in [0.717, 1.165) is 24.8 Å². The lowest BCUT2D eigenvalue weighted by molar-refractivity contribution is 0.616. The molecular weight excluding hydrogens is 141 g/mol. The van der Waals surface area contributed by atoms with E-state index < -0.39 is 0 Å². The summed E-state index contributed by atoms with van der Waals surface area (Å²) in [5.41, 5.74) is 4.84. The molecule has 1 aliphatic rings. The smallest absolute Gasteiger partial charge is 0.0690 e. The fourth-order valence-electron chi connectivity index (χ4n) is 1.71. The summed E-state index contributed by atoms with van der Waals surface area (Å²) >= 11 is 0. The quantitative estimate of drug-likeness (QED) is 0.608. The molecular formula is C9H10FN. The van der Waals surface area contributed by atoms with E-state index in [0.29, 0.717) is 5.69 Å². The van der Waals surface area contributed by atoms with Crippen LogP contribution >= 0.6 is 0 Å². The first kappa shape index (κ1) is 6.65. The Labute approximate surface area is 65.2 Å². The third-order valence-electron chi connectivity index (χ3n) is 2.25. The third-order valence-corrected chi connectivity index (χ3v) is 2.25. The largest absolute Gasteiger partial charge is 0.224 e. The number of benzene rings is 1. The predicted octanol–water partition coefficient (Wildman–Crippen LogP) is 2.47. The molecule has 2 rings (SSSR count). The van der Waals surface area contributed by atoms with Crippen molar-refractivity contribution in [3.8, 4) is 0 Å². The van der Waals surface area contributed by atoms with Gasteiger partial charge in [0, 0.05) is 0 Å². The van der Waals surface area contributed by atoms with Gasteiger partial charge < -0.3 is 0 Å². The Morgan fingerprint density at radius 1 is 1.27 bits per heavy atom. The Kier molecular flexibility index (Phi) is 1.53. The molecule has 58 valence electrons. The van der Waals surface area contributed by atoms with E-state index in [4.69, 9.17) is 0 Å². The first-order chi connectivity index (χ1) is 5.42. The molecule has 1 aliphatic carbocycles. The second-order valence-electron chi connectivity index (χ2n) is 2.89. The number of hydrogen-bond acceptors (Lipinski definition) is 1. The third kappa shape index (κ3) is 0.985. The molecule has 0 atom stereocenters. The molecule has 0 saturated carbocycles. The minimum Gasteiger partial charge on any atom is -0.224 e. The van der Waals surface area contributed by atoms with E-state index in [-0.39, 0.29) is 0 Å². The van der Waals surface area contributed by atoms with Gasteiger partial charge >= 0.3 is 0 Å². The van der Waals surface area contributed by atoms with Gasteiger partial charge in [0.05, 0.1) is 5.69 Å². The van der Waals surface area contributed by atoms with Crippen molar-refractivity contribution < 1.29 is 4.48 Å². The molecule has 1 aromatic carbocycles. The number of hydrogen-bond donors (Lipinski definition) is 1. The molecule has 0 amide bonds. The number of rotatable bonds is 1. The number of aryl methyl sites for hydroxylation is 1. The van der Waals surface area contributed by atoms with Crippen LogP contribution in [0.3, 0.4) is 0 Å². The van der Waals surface area contributed by atoms with E-state index in [9.17, 15) is 4.48 Å². The summed E-state index contributed by atoms with van der Waals surface area (Å²) in [5, 5.41) is 0. The van der Waals surface area contributed by atoms with Gasteiger partial charge in [-0.2, -0.15) is 0 Å². The van der Waals surface area contributed by atoms with Crippen LogP contribution in [0.4, 0.5) is 10.2 Å². The van der Waals surface area contributed by atoms with E-state index in [1.807, 2.05) is 6.07 Å². The molecule has 0 heterocycles. The molecule has 0 aromatic heterocycles. The van der Waals surface area contributed by atoms with Crippen molar-refractivity contribution >= 4 is 5.69 Å². The molecule has 0 aliphatic heterocycles. The van der Waals surface area contributed by atoms with Crippen LogP contribution in [0, 0.1) is 0 Å². The van der Waals surface area contributed by atoms with Gasteiger partial charge in [-0.25, -0.2) is 5.54 Å². The summed E-state index contributed by atoms with van der Waals surface area (Å²) in [6.45, 7) is 0. The van der Waals surface area contributed by atoms with Gasteiger partial charge in [0.25, 0.3) is 0 Å². The van der Waals surface area contributed by atoms with Crippen molar-refractivity contribution in [3.63, 3.8) is 0 Å². The summed E-state index contributed by atoms with van der Waals surface area (Å²) < 4.78 is 12.1. The molecule has 0 unspecified atom stereocenters. The van der Waals surface area contributed by atoms with Crippen LogP contribution in [-0.4, -0.2) is 0 Å². The number of anilines is 1. The van der Waals surface area contributed by atoms with Crippen LogP contribution in [0.25, 0.3) is 0 Å². The van der Waals surface area contributed by atoms with E-state index >= 15 is 0 Å². The lowest BCUT2D eigenvalue weighted by atomic mass is 10.1. The molecule has 0 radical (unpaired) electrons. The van der Waals surface area contributed by atoms with Crippen molar-refractivity contribution in [2.75, 3.05) is 5.54 Å². The fraction of sp³-hybridized carbons (Fsp3) is 0.333. The van der Waals surface area contributed by atoms with Crippen molar-refractivity contribution in [1.29, 1.82) is 0 Å². The fourth-order valence-corrected chi connectivity index (χ4v) is 1.71. The highest BCUT2D eigenvalue weighted by molar-refractivity contribution is 5.54. The molecule has 1 N–H and O–H groups in total. The second kappa shape index (κ2) is 2.53. The van der Waals surface area contributed by atoms with Crippen molar-refractivity contribution in [3.05, 3.63) is 29.3 Å². The summed E-state index contributed by atoms with van der Waals surface area (Å²) in [6, 6.07) is 5.75. The normalized spacial score (nSPS) is 14.6. The maximum absolute atomic E-state index is 12.1. The number of fused-ring (bicyclic) bond motifs is 1. The van der Waals surface area contributed by atoms with E-state index in [1.54, 1.807) is 11.6 Å². The topological polar surface area (TPSA) is 12.0 Å². The van der Waals surface area contributed by atoms with Crippen LogP contribution in [0.5, 0.6) is 0 Å². The highest BCUT2D eigenvalue weighted by Gasteiger charge is 2.13. The van der Waals surface area contributed by atoms with Gasteiger partial charge in [-0.3, -0.25) is 0 Å². The number of halogens is 1. The summed E-state index contributed by atoms with van der Waals surface area (Å²) in [5.74, 6) is 0. The Hall–Kier alpha value is -1.05. The lowest BCUT2D eigenvalue weighted by Gasteiger charge is -2.03. The molecule has 11 heavy (non-hydrogen) atoms. The molecule has 1 nitrogen and oxygen atoms in total. The zero-order valence-electron chi connectivity index (χ0n) is 6.23. The summed E-state index contributed by atoms with van der Waals surface area (Å²) in [6.07, 6.45) is 3.28. The average molecular weight is 151 g/mol. The summed E-state index contributed by atoms with van der Waals surface area (Å²) in [4.78, 5) is 0. The highest BCUT2D eigenvalue weighted by Crippen LogP contribution is 2.28. The van der Waals surface area contributed by atoms with Gasteiger partial charge in [0.15, 0.2) is 0 Å². The van der Waals surface area contributed by atoms with Gasteiger partial charge in [0.1, 0.15) is 0 Å². The zero-order chi connectivity index (χ0) is 7.68. The van der Waals surface area contributed by atoms with Crippen LogP contribution in [-0.2, 0) is 12.8 Å². The molecule has 2 heteroatoms. The minimum atomic E-state index is 0.653. The second-order valence-corrected chi connectivity index (χ2v) is 2.89. The van der Waals surface area contributed by atoms with Gasteiger partial charge in [-0.15, -0.1) is 4.48 Å². The molecule has 1 aromatic rings. The minimum absolute atomic E-state index is 0.653. The Balaban J connectivity index is 2.50. The SMILES string of the molecule is FNc1cccc2c1CCC2. The van der Waals surface area contributed by atoms with Gasteiger partial charge in [-0.1, -0.05) is 12.1 Å². The lowest BCUT2D eigenvalue weighted by Crippen LogP contribution is -1.89. The summed E-state index contributed by atoms with van der Waals surface area (Å²) in [7, 11) is 0. The van der Waals surface area contributed by atoms with Crippen molar-refractivity contribution in [2.45, 2.75) is 19.3 Å².